The van der Waals surface area contributed by atoms with Gasteiger partial charge < -0.3 is 4.74 Å². The Morgan fingerprint density at radius 2 is 1.63 bits per heavy atom. The van der Waals surface area contributed by atoms with Crippen LogP contribution in [0.2, 0.25) is 0 Å². The zero-order valence-corrected chi connectivity index (χ0v) is 17.1. The average Bonchev–Trinajstić information content (AvgIpc) is 2.70. The number of aromatic nitrogens is 1. The van der Waals surface area contributed by atoms with E-state index in [4.69, 9.17) is 4.74 Å². The van der Waals surface area contributed by atoms with Crippen molar-refractivity contribution in [3.8, 4) is 0 Å². The molecule has 27 heavy (non-hydrogen) atoms. The van der Waals surface area contributed by atoms with Crippen LogP contribution < -0.4 is 0 Å². The number of allylic oxidation sites excluding steroid dienone is 4. The fourth-order valence-electron chi connectivity index (χ4n) is 2.82. The number of esters is 1. The summed E-state index contributed by atoms with van der Waals surface area (Å²) in [5, 5.41) is 0. The highest BCUT2D eigenvalue weighted by Crippen LogP contribution is 2.10. The van der Waals surface area contributed by atoms with Gasteiger partial charge in [-0.05, 0) is 38.2 Å². The highest BCUT2D eigenvalue weighted by molar-refractivity contribution is 5.69. The Kier molecular flexibility index (Phi) is 15.0. The maximum atomic E-state index is 11.7. The molecule has 3 heteroatoms. The van der Waals surface area contributed by atoms with Gasteiger partial charge in [0.15, 0.2) is 0 Å². The Balaban J connectivity index is 1.85. The lowest BCUT2D eigenvalue weighted by Crippen LogP contribution is -2.04. The van der Waals surface area contributed by atoms with Gasteiger partial charge in [0.1, 0.15) is 6.61 Å². The Morgan fingerprint density at radius 3 is 2.30 bits per heavy atom. The fraction of sp³-hybridized carbons (Fsp3) is 0.583. The van der Waals surface area contributed by atoms with Crippen molar-refractivity contribution in [1.82, 2.24) is 4.98 Å². The van der Waals surface area contributed by atoms with Crippen molar-refractivity contribution in [3.63, 3.8) is 0 Å². The van der Waals surface area contributed by atoms with E-state index in [2.05, 4.69) is 36.2 Å². The number of carbonyl (C=O) groups is 1. The van der Waals surface area contributed by atoms with Crippen molar-refractivity contribution >= 4 is 5.97 Å². The number of nitrogens with zero attached hydrogens (tertiary/aromatic N) is 1. The first-order chi connectivity index (χ1) is 13.3. The second kappa shape index (κ2) is 17.5. The molecule has 3 nitrogen and oxygen atoms in total. The van der Waals surface area contributed by atoms with E-state index in [1.54, 1.807) is 12.4 Å². The monoisotopic (exact) mass is 371 g/mol. The van der Waals surface area contributed by atoms with Gasteiger partial charge in [-0.15, -0.1) is 0 Å². The van der Waals surface area contributed by atoms with Gasteiger partial charge in [-0.1, -0.05) is 75.8 Å². The number of ether oxygens (including phenoxy) is 1. The van der Waals surface area contributed by atoms with Crippen molar-refractivity contribution in [2.45, 2.75) is 90.6 Å². The van der Waals surface area contributed by atoms with Gasteiger partial charge in [-0.2, -0.15) is 0 Å². The molecule has 0 saturated heterocycles. The van der Waals surface area contributed by atoms with Gasteiger partial charge in [0.05, 0.1) is 0 Å². The zero-order valence-electron chi connectivity index (χ0n) is 17.1. The molecule has 1 aromatic heterocycles. The summed E-state index contributed by atoms with van der Waals surface area (Å²) in [6.45, 7) is 2.57. The lowest BCUT2D eigenvalue weighted by molar-refractivity contribution is -0.145. The first-order valence-electron chi connectivity index (χ1n) is 10.7. The van der Waals surface area contributed by atoms with Gasteiger partial charge in [0, 0.05) is 24.4 Å². The lowest BCUT2D eigenvalue weighted by atomic mass is 10.1. The number of hydrogen-bond acceptors (Lipinski definition) is 3. The summed E-state index contributed by atoms with van der Waals surface area (Å²) in [5.74, 6) is -0.105. The molecule has 0 fully saturated rings. The third-order valence-electron chi connectivity index (χ3n) is 4.48. The highest BCUT2D eigenvalue weighted by Gasteiger charge is 2.03. The van der Waals surface area contributed by atoms with Crippen molar-refractivity contribution in [1.29, 1.82) is 0 Å². The van der Waals surface area contributed by atoms with Crippen LogP contribution in [0, 0.1) is 0 Å². The van der Waals surface area contributed by atoms with Crippen molar-refractivity contribution < 1.29 is 9.53 Å². The van der Waals surface area contributed by atoms with Gasteiger partial charge in [-0.3, -0.25) is 9.78 Å². The predicted molar refractivity (Wildman–Crippen MR) is 113 cm³/mol. The molecule has 0 aliphatic heterocycles. The molecule has 1 heterocycles. The van der Waals surface area contributed by atoms with E-state index in [0.29, 0.717) is 13.0 Å². The third-order valence-corrected chi connectivity index (χ3v) is 4.48. The maximum absolute atomic E-state index is 11.7. The molecule has 150 valence electrons. The second-order valence-electron chi connectivity index (χ2n) is 7.03. The molecular weight excluding hydrogens is 334 g/mol. The maximum Gasteiger partial charge on any atom is 0.306 e. The summed E-state index contributed by atoms with van der Waals surface area (Å²) in [4.78, 5) is 15.7. The number of rotatable bonds is 16. The predicted octanol–water partition coefficient (Wildman–Crippen LogP) is 6.94. The van der Waals surface area contributed by atoms with Crippen LogP contribution in [0.15, 0.2) is 48.8 Å². The number of carbonyl (C=O) groups excluding carboxylic acids is 1. The summed E-state index contributed by atoms with van der Waals surface area (Å²) < 4.78 is 5.26. The quantitative estimate of drug-likeness (QED) is 0.179. The summed E-state index contributed by atoms with van der Waals surface area (Å²) >= 11 is 0. The molecule has 1 rings (SSSR count). The van der Waals surface area contributed by atoms with Crippen LogP contribution in [0.1, 0.15) is 89.5 Å². The second-order valence-corrected chi connectivity index (χ2v) is 7.03. The molecule has 0 aromatic carbocycles. The average molecular weight is 372 g/mol. The molecule has 0 aliphatic carbocycles. The van der Waals surface area contributed by atoms with E-state index in [1.165, 1.54) is 57.8 Å². The largest absolute Gasteiger partial charge is 0.461 e. The van der Waals surface area contributed by atoms with Crippen LogP contribution in [0.3, 0.4) is 0 Å². The minimum atomic E-state index is -0.105. The molecule has 0 aliphatic rings. The molecule has 0 spiro atoms. The summed E-state index contributed by atoms with van der Waals surface area (Å²) in [6, 6.07) is 3.77. The van der Waals surface area contributed by atoms with Crippen LogP contribution in [0.4, 0.5) is 0 Å². The normalized spacial score (nSPS) is 11.4. The minimum Gasteiger partial charge on any atom is -0.461 e. The first-order valence-corrected chi connectivity index (χ1v) is 10.7. The standard InChI is InChI=1S/C24H37NO2/c1-2-3-4-5-6-7-8-9-10-11-12-13-14-15-16-19-24(26)27-22-23-18-17-20-25-21-23/h6-9,17-18,20-21H,2-5,10-16,19,22H2,1H3/b7-6-,9-8+. The van der Waals surface area contributed by atoms with E-state index in [9.17, 15) is 4.79 Å². The van der Waals surface area contributed by atoms with Crippen LogP contribution in [-0.2, 0) is 16.1 Å². The molecule has 0 atom stereocenters. The Labute approximate surface area is 165 Å². The Bertz CT molecular complexity index is 522. The smallest absolute Gasteiger partial charge is 0.306 e. The van der Waals surface area contributed by atoms with Crippen LogP contribution >= 0.6 is 0 Å². The number of hydrogen-bond donors (Lipinski definition) is 0. The van der Waals surface area contributed by atoms with Crippen molar-refractivity contribution in [2.24, 2.45) is 0 Å². The van der Waals surface area contributed by atoms with Crippen molar-refractivity contribution in [3.05, 3.63) is 54.4 Å². The minimum absolute atomic E-state index is 0.105. The summed E-state index contributed by atoms with van der Waals surface area (Å²) in [6.07, 6.45) is 26.2. The number of pyridine rings is 1. The Hall–Kier alpha value is -1.90. The van der Waals surface area contributed by atoms with Gasteiger partial charge >= 0.3 is 5.97 Å². The van der Waals surface area contributed by atoms with Gasteiger partial charge in [0.2, 0.25) is 0 Å². The lowest BCUT2D eigenvalue weighted by Gasteiger charge is -2.04. The van der Waals surface area contributed by atoms with Gasteiger partial charge in [0.25, 0.3) is 0 Å². The molecule has 0 unspecified atom stereocenters. The van der Waals surface area contributed by atoms with Crippen LogP contribution in [0.5, 0.6) is 0 Å². The molecule has 0 radical (unpaired) electrons. The number of unbranched alkanes of at least 4 members (excludes halogenated alkanes) is 9. The SMILES string of the molecule is CCCCC/C=C\C=C\CCCCCCCCC(=O)OCc1cccnc1. The molecule has 0 N–H and O–H groups in total. The highest BCUT2D eigenvalue weighted by atomic mass is 16.5. The van der Waals surface area contributed by atoms with E-state index >= 15 is 0 Å². The first kappa shape index (κ1) is 23.1. The zero-order chi connectivity index (χ0) is 19.4. The van der Waals surface area contributed by atoms with E-state index < -0.39 is 0 Å². The Morgan fingerprint density at radius 1 is 0.963 bits per heavy atom. The third kappa shape index (κ3) is 14.9. The molecule has 1 aromatic rings. The van der Waals surface area contributed by atoms with Crippen molar-refractivity contribution in [2.75, 3.05) is 0 Å². The molecule has 0 saturated carbocycles. The van der Waals surface area contributed by atoms with Gasteiger partial charge in [-0.25, -0.2) is 0 Å². The fourth-order valence-corrected chi connectivity index (χ4v) is 2.82. The molecular formula is C24H37NO2. The molecule has 0 bridgehead atoms. The van der Waals surface area contributed by atoms with E-state index in [1.807, 2.05) is 12.1 Å². The van der Waals surface area contributed by atoms with Crippen LogP contribution in [0.25, 0.3) is 0 Å². The van der Waals surface area contributed by atoms with E-state index in [0.717, 1.165) is 18.4 Å². The summed E-state index contributed by atoms with van der Waals surface area (Å²) in [5.41, 5.74) is 0.937. The molecule has 0 amide bonds. The summed E-state index contributed by atoms with van der Waals surface area (Å²) in [7, 11) is 0. The van der Waals surface area contributed by atoms with E-state index in [-0.39, 0.29) is 5.97 Å². The van der Waals surface area contributed by atoms with Crippen LogP contribution in [-0.4, -0.2) is 11.0 Å². The topological polar surface area (TPSA) is 39.2 Å².